The van der Waals surface area contributed by atoms with Crippen LogP contribution in [-0.4, -0.2) is 22.6 Å². The highest BCUT2D eigenvalue weighted by molar-refractivity contribution is 7.85. The van der Waals surface area contributed by atoms with E-state index in [1.807, 2.05) is 0 Å². The van der Waals surface area contributed by atoms with Gasteiger partial charge in [-0.05, 0) is 25.1 Å². The predicted octanol–water partition coefficient (Wildman–Crippen LogP) is 0.799. The van der Waals surface area contributed by atoms with Gasteiger partial charge in [0.2, 0.25) is 0 Å². The third-order valence-corrected chi connectivity index (χ3v) is 3.71. The Hall–Kier alpha value is -1.86. The predicted molar refractivity (Wildman–Crippen MR) is 65.4 cm³/mol. The molecule has 0 aliphatic rings. The van der Waals surface area contributed by atoms with E-state index in [1.54, 1.807) is 0 Å². The fraction of sp³-hybridized carbons (Fsp3) is 0.182. The van der Waals surface area contributed by atoms with Gasteiger partial charge in [-0.2, -0.15) is 8.42 Å². The van der Waals surface area contributed by atoms with Gasteiger partial charge < -0.3 is 9.67 Å². The lowest BCUT2D eigenvalue weighted by Crippen LogP contribution is -2.19. The number of aromatic nitrogens is 1. The quantitative estimate of drug-likeness (QED) is 0.746. The smallest absolute Gasteiger partial charge is 0.294 e. The first-order valence-electron chi connectivity index (χ1n) is 5.03. The van der Waals surface area contributed by atoms with Crippen molar-refractivity contribution in [2.75, 3.05) is 0 Å². The summed E-state index contributed by atoms with van der Waals surface area (Å²) in [6, 6.07) is 3.66. The van der Waals surface area contributed by atoms with Crippen molar-refractivity contribution in [2.24, 2.45) is 7.05 Å². The Morgan fingerprint density at radius 1 is 1.28 bits per heavy atom. The standard InChI is InChI=1S/C11H11NO5S/c1-6-10(13)8-5-7(18(15,16)17)3-4-9(8)12(2)11(6)14/h3-5,13H,1-2H3,(H,15,16,17). The zero-order valence-electron chi connectivity index (χ0n) is 9.71. The van der Waals surface area contributed by atoms with Crippen LogP contribution in [0.25, 0.3) is 10.9 Å². The number of aryl methyl sites for hydroxylation is 1. The van der Waals surface area contributed by atoms with Gasteiger partial charge in [-0.1, -0.05) is 0 Å². The van der Waals surface area contributed by atoms with Gasteiger partial charge in [-0.15, -0.1) is 0 Å². The third kappa shape index (κ3) is 1.77. The number of fused-ring (bicyclic) bond motifs is 1. The average Bonchev–Trinajstić information content (AvgIpc) is 2.32. The summed E-state index contributed by atoms with van der Waals surface area (Å²) in [6.07, 6.45) is 0. The van der Waals surface area contributed by atoms with Crippen molar-refractivity contribution in [3.05, 3.63) is 34.1 Å². The molecule has 1 aromatic heterocycles. The van der Waals surface area contributed by atoms with Gasteiger partial charge >= 0.3 is 0 Å². The second-order valence-electron chi connectivity index (χ2n) is 3.99. The van der Waals surface area contributed by atoms with Crippen molar-refractivity contribution in [3.8, 4) is 5.75 Å². The van der Waals surface area contributed by atoms with Gasteiger partial charge in [0.25, 0.3) is 15.7 Å². The minimum absolute atomic E-state index is 0.123. The summed E-state index contributed by atoms with van der Waals surface area (Å²) in [5, 5.41) is 10.1. The molecule has 1 heterocycles. The average molecular weight is 269 g/mol. The molecule has 0 amide bonds. The Balaban J connectivity index is 3.00. The van der Waals surface area contributed by atoms with E-state index in [2.05, 4.69) is 0 Å². The van der Waals surface area contributed by atoms with Crippen LogP contribution in [0.15, 0.2) is 27.9 Å². The number of nitrogens with zero attached hydrogens (tertiary/aromatic N) is 1. The molecule has 0 bridgehead atoms. The molecular formula is C11H11NO5S. The molecule has 0 spiro atoms. The van der Waals surface area contributed by atoms with E-state index in [0.29, 0.717) is 5.52 Å². The summed E-state index contributed by atoms with van der Waals surface area (Å²) < 4.78 is 32.3. The maximum absolute atomic E-state index is 11.7. The zero-order chi connectivity index (χ0) is 13.7. The molecule has 0 saturated carbocycles. The van der Waals surface area contributed by atoms with Crippen LogP contribution in [0.2, 0.25) is 0 Å². The van der Waals surface area contributed by atoms with E-state index in [4.69, 9.17) is 4.55 Å². The van der Waals surface area contributed by atoms with Crippen LogP contribution in [0.4, 0.5) is 0 Å². The summed E-state index contributed by atoms with van der Waals surface area (Å²) in [7, 11) is -2.83. The molecule has 2 aromatic rings. The summed E-state index contributed by atoms with van der Waals surface area (Å²) >= 11 is 0. The minimum Gasteiger partial charge on any atom is -0.507 e. The molecule has 18 heavy (non-hydrogen) atoms. The van der Waals surface area contributed by atoms with Crippen molar-refractivity contribution in [1.29, 1.82) is 0 Å². The maximum Gasteiger partial charge on any atom is 0.294 e. The molecule has 0 saturated heterocycles. The Morgan fingerprint density at radius 3 is 2.44 bits per heavy atom. The highest BCUT2D eigenvalue weighted by Crippen LogP contribution is 2.27. The van der Waals surface area contributed by atoms with Crippen molar-refractivity contribution in [2.45, 2.75) is 11.8 Å². The largest absolute Gasteiger partial charge is 0.507 e. The van der Waals surface area contributed by atoms with Crippen LogP contribution in [0.1, 0.15) is 5.56 Å². The fourth-order valence-corrected chi connectivity index (χ4v) is 2.33. The molecule has 0 aliphatic carbocycles. The molecule has 2 N–H and O–H groups in total. The third-order valence-electron chi connectivity index (χ3n) is 2.86. The lowest BCUT2D eigenvalue weighted by molar-refractivity contribution is 0.474. The number of benzene rings is 1. The Bertz CT molecular complexity index is 804. The van der Waals surface area contributed by atoms with Crippen LogP contribution in [0, 0.1) is 6.92 Å². The fourth-order valence-electron chi connectivity index (χ4n) is 1.82. The Labute approximate surface area is 103 Å². The molecular weight excluding hydrogens is 258 g/mol. The molecule has 0 unspecified atom stereocenters. The van der Waals surface area contributed by atoms with E-state index in [-0.39, 0.29) is 27.2 Å². The van der Waals surface area contributed by atoms with Crippen LogP contribution in [-0.2, 0) is 17.2 Å². The molecule has 0 fully saturated rings. The number of pyridine rings is 1. The van der Waals surface area contributed by atoms with Crippen molar-refractivity contribution >= 4 is 21.0 Å². The van der Waals surface area contributed by atoms with Crippen molar-refractivity contribution < 1.29 is 18.1 Å². The minimum atomic E-state index is -4.35. The van der Waals surface area contributed by atoms with Crippen LogP contribution in [0.3, 0.4) is 0 Å². The van der Waals surface area contributed by atoms with E-state index in [9.17, 15) is 18.3 Å². The maximum atomic E-state index is 11.7. The van der Waals surface area contributed by atoms with Crippen LogP contribution < -0.4 is 5.56 Å². The molecule has 2 rings (SSSR count). The Kier molecular flexibility index (Phi) is 2.67. The molecule has 7 heteroatoms. The number of rotatable bonds is 1. The summed E-state index contributed by atoms with van der Waals surface area (Å²) in [5.41, 5.74) is 0.146. The Morgan fingerprint density at radius 2 is 1.89 bits per heavy atom. The lowest BCUT2D eigenvalue weighted by atomic mass is 10.1. The first kappa shape index (κ1) is 12.6. The number of hydrogen-bond acceptors (Lipinski definition) is 4. The highest BCUT2D eigenvalue weighted by atomic mass is 32.2. The highest BCUT2D eigenvalue weighted by Gasteiger charge is 2.15. The number of aromatic hydroxyl groups is 1. The van der Waals surface area contributed by atoms with Gasteiger partial charge in [0.05, 0.1) is 16.0 Å². The van der Waals surface area contributed by atoms with E-state index in [1.165, 1.54) is 30.7 Å². The summed E-state index contributed by atoms with van der Waals surface area (Å²) in [6.45, 7) is 1.44. The van der Waals surface area contributed by atoms with Crippen LogP contribution in [0.5, 0.6) is 5.75 Å². The first-order chi connectivity index (χ1) is 8.23. The van der Waals surface area contributed by atoms with Gasteiger partial charge in [0.1, 0.15) is 5.75 Å². The summed E-state index contributed by atoms with van der Waals surface area (Å²) in [5.74, 6) is -0.279. The van der Waals surface area contributed by atoms with E-state index < -0.39 is 10.1 Å². The van der Waals surface area contributed by atoms with Crippen molar-refractivity contribution in [3.63, 3.8) is 0 Å². The molecule has 1 aromatic carbocycles. The van der Waals surface area contributed by atoms with E-state index in [0.717, 1.165) is 6.07 Å². The van der Waals surface area contributed by atoms with E-state index >= 15 is 0 Å². The normalized spacial score (nSPS) is 11.9. The second kappa shape index (κ2) is 3.82. The van der Waals surface area contributed by atoms with Gasteiger partial charge in [0.15, 0.2) is 0 Å². The van der Waals surface area contributed by atoms with Crippen LogP contribution >= 0.6 is 0 Å². The van der Waals surface area contributed by atoms with Gasteiger partial charge in [0, 0.05) is 12.4 Å². The second-order valence-corrected chi connectivity index (χ2v) is 5.41. The molecule has 0 aliphatic heterocycles. The van der Waals surface area contributed by atoms with Gasteiger partial charge in [-0.25, -0.2) is 0 Å². The molecule has 0 atom stereocenters. The van der Waals surface area contributed by atoms with Gasteiger partial charge in [-0.3, -0.25) is 9.35 Å². The number of hydrogen-bond donors (Lipinski definition) is 2. The molecule has 96 valence electrons. The molecule has 6 nitrogen and oxygen atoms in total. The zero-order valence-corrected chi connectivity index (χ0v) is 10.5. The topological polar surface area (TPSA) is 96.6 Å². The molecule has 0 radical (unpaired) electrons. The SMILES string of the molecule is Cc1c(O)c2cc(S(=O)(=O)O)ccc2n(C)c1=O. The first-order valence-corrected chi connectivity index (χ1v) is 6.47. The lowest BCUT2D eigenvalue weighted by Gasteiger charge is -2.10. The summed E-state index contributed by atoms with van der Waals surface area (Å²) in [4.78, 5) is 11.4. The monoisotopic (exact) mass is 269 g/mol. The van der Waals surface area contributed by atoms with Crippen molar-refractivity contribution in [1.82, 2.24) is 4.57 Å².